The van der Waals surface area contributed by atoms with Gasteiger partial charge in [-0.1, -0.05) is 25.1 Å². The van der Waals surface area contributed by atoms with Crippen molar-refractivity contribution in [2.24, 2.45) is 0 Å². The zero-order chi connectivity index (χ0) is 10.4. The first-order valence-electron chi connectivity index (χ1n) is 5.11. The Morgan fingerprint density at radius 1 is 1.36 bits per heavy atom. The maximum atomic E-state index is 5.38. The van der Waals surface area contributed by atoms with Gasteiger partial charge in [-0.2, -0.15) is 0 Å². The van der Waals surface area contributed by atoms with Crippen molar-refractivity contribution in [2.45, 2.75) is 26.2 Å². The Morgan fingerprint density at radius 2 is 2.00 bits per heavy atom. The molecule has 0 bridgehead atoms. The largest absolute Gasteiger partial charge is 0.494 e. The second-order valence-electron chi connectivity index (χ2n) is 3.43. The van der Waals surface area contributed by atoms with E-state index in [1.807, 2.05) is 25.1 Å². The smallest absolute Gasteiger partial charge is 0.119 e. The van der Waals surface area contributed by atoms with Crippen molar-refractivity contribution in [1.29, 1.82) is 0 Å². The lowest BCUT2D eigenvalue weighted by Gasteiger charge is -2.10. The molecule has 1 unspecified atom stereocenters. The van der Waals surface area contributed by atoms with Crippen LogP contribution in [0.4, 0.5) is 0 Å². The molecule has 1 aromatic rings. The number of rotatable bonds is 5. The molecule has 0 radical (unpaired) electrons. The van der Waals surface area contributed by atoms with Gasteiger partial charge in [-0.25, -0.2) is 0 Å². The quantitative estimate of drug-likeness (QED) is 0.642. The molecule has 0 fully saturated rings. The highest BCUT2D eigenvalue weighted by Crippen LogP contribution is 2.21. The molecule has 0 saturated heterocycles. The second-order valence-corrected chi connectivity index (χ2v) is 3.43. The molecule has 0 amide bonds. The van der Waals surface area contributed by atoms with E-state index in [2.05, 4.69) is 25.6 Å². The van der Waals surface area contributed by atoms with Gasteiger partial charge in [-0.15, -0.1) is 6.58 Å². The molecule has 0 aliphatic carbocycles. The molecule has 0 saturated carbocycles. The minimum Gasteiger partial charge on any atom is -0.494 e. The number of allylic oxidation sites excluding steroid dienone is 1. The molecule has 0 spiro atoms. The van der Waals surface area contributed by atoms with Crippen LogP contribution in [-0.4, -0.2) is 6.61 Å². The molecule has 14 heavy (non-hydrogen) atoms. The van der Waals surface area contributed by atoms with E-state index in [0.29, 0.717) is 5.92 Å². The highest BCUT2D eigenvalue weighted by atomic mass is 16.5. The van der Waals surface area contributed by atoms with Gasteiger partial charge in [0.15, 0.2) is 0 Å². The third kappa shape index (κ3) is 2.91. The van der Waals surface area contributed by atoms with Crippen LogP contribution in [0.25, 0.3) is 0 Å². The second kappa shape index (κ2) is 5.48. The maximum absolute atomic E-state index is 5.38. The first-order chi connectivity index (χ1) is 6.77. The van der Waals surface area contributed by atoms with Crippen LogP contribution in [0, 0.1) is 0 Å². The van der Waals surface area contributed by atoms with E-state index >= 15 is 0 Å². The van der Waals surface area contributed by atoms with Gasteiger partial charge < -0.3 is 4.74 Å². The van der Waals surface area contributed by atoms with Gasteiger partial charge in [0.2, 0.25) is 0 Å². The monoisotopic (exact) mass is 190 g/mol. The van der Waals surface area contributed by atoms with Gasteiger partial charge in [0.25, 0.3) is 0 Å². The first kappa shape index (κ1) is 10.8. The van der Waals surface area contributed by atoms with Crippen molar-refractivity contribution in [3.63, 3.8) is 0 Å². The van der Waals surface area contributed by atoms with Gasteiger partial charge in [-0.3, -0.25) is 0 Å². The van der Waals surface area contributed by atoms with Crippen LogP contribution in [0.2, 0.25) is 0 Å². The number of hydrogen-bond acceptors (Lipinski definition) is 1. The average Bonchev–Trinajstić information content (AvgIpc) is 2.20. The van der Waals surface area contributed by atoms with Gasteiger partial charge in [-0.05, 0) is 37.0 Å². The van der Waals surface area contributed by atoms with Gasteiger partial charge >= 0.3 is 0 Å². The Hall–Kier alpha value is -1.24. The number of ether oxygens (including phenoxy) is 1. The molecule has 0 aliphatic rings. The molecule has 76 valence electrons. The summed E-state index contributed by atoms with van der Waals surface area (Å²) in [5.74, 6) is 1.49. The molecule has 1 nitrogen and oxygen atoms in total. The summed E-state index contributed by atoms with van der Waals surface area (Å²) in [6.07, 6.45) is 2.98. The Kier molecular flexibility index (Phi) is 4.24. The van der Waals surface area contributed by atoms with E-state index in [1.54, 1.807) is 0 Å². The summed E-state index contributed by atoms with van der Waals surface area (Å²) in [7, 11) is 0. The Labute approximate surface area is 86.4 Å². The lowest BCUT2D eigenvalue weighted by atomic mass is 9.98. The molecule has 0 aliphatic heterocycles. The summed E-state index contributed by atoms with van der Waals surface area (Å²) in [6, 6.07) is 8.30. The van der Waals surface area contributed by atoms with Crippen molar-refractivity contribution < 1.29 is 4.74 Å². The van der Waals surface area contributed by atoms with E-state index in [0.717, 1.165) is 18.8 Å². The fourth-order valence-corrected chi connectivity index (χ4v) is 1.45. The van der Waals surface area contributed by atoms with Crippen LogP contribution < -0.4 is 4.74 Å². The molecule has 1 atom stereocenters. The van der Waals surface area contributed by atoms with Crippen molar-refractivity contribution in [1.82, 2.24) is 0 Å². The Morgan fingerprint density at radius 3 is 2.50 bits per heavy atom. The van der Waals surface area contributed by atoms with Crippen LogP contribution in [0.5, 0.6) is 5.75 Å². The molecule has 1 aromatic carbocycles. The van der Waals surface area contributed by atoms with Crippen LogP contribution in [0.15, 0.2) is 36.9 Å². The SMILES string of the molecule is C=CCC(C)c1ccc(OCC)cc1. The van der Waals surface area contributed by atoms with Crippen LogP contribution in [0.3, 0.4) is 0 Å². The molecule has 0 heterocycles. The molecule has 1 heteroatoms. The lowest BCUT2D eigenvalue weighted by molar-refractivity contribution is 0.340. The van der Waals surface area contributed by atoms with Crippen LogP contribution >= 0.6 is 0 Å². The minimum absolute atomic E-state index is 0.545. The fourth-order valence-electron chi connectivity index (χ4n) is 1.45. The fraction of sp³-hybridized carbons (Fsp3) is 0.385. The van der Waals surface area contributed by atoms with E-state index in [-0.39, 0.29) is 0 Å². The normalized spacial score (nSPS) is 12.1. The van der Waals surface area contributed by atoms with Crippen molar-refractivity contribution in [3.8, 4) is 5.75 Å². The third-order valence-corrected chi connectivity index (χ3v) is 2.28. The maximum Gasteiger partial charge on any atom is 0.119 e. The highest BCUT2D eigenvalue weighted by Gasteiger charge is 2.02. The summed E-state index contributed by atoms with van der Waals surface area (Å²) in [4.78, 5) is 0. The Balaban J connectivity index is 2.67. The summed E-state index contributed by atoms with van der Waals surface area (Å²) >= 11 is 0. The zero-order valence-electron chi connectivity index (χ0n) is 8.99. The van der Waals surface area contributed by atoms with Crippen LogP contribution in [0.1, 0.15) is 31.7 Å². The van der Waals surface area contributed by atoms with Crippen molar-refractivity contribution in [2.75, 3.05) is 6.61 Å². The Bertz CT molecular complexity index is 274. The summed E-state index contributed by atoms with van der Waals surface area (Å²) < 4.78 is 5.38. The van der Waals surface area contributed by atoms with E-state index in [1.165, 1.54) is 5.56 Å². The van der Waals surface area contributed by atoms with E-state index in [4.69, 9.17) is 4.74 Å². The molecule has 0 aromatic heterocycles. The first-order valence-corrected chi connectivity index (χ1v) is 5.11. The number of hydrogen-bond donors (Lipinski definition) is 0. The summed E-state index contributed by atoms with van der Waals surface area (Å²) in [5.41, 5.74) is 1.34. The molecule has 1 rings (SSSR count). The van der Waals surface area contributed by atoms with Crippen molar-refractivity contribution in [3.05, 3.63) is 42.5 Å². The van der Waals surface area contributed by atoms with Gasteiger partial charge in [0.05, 0.1) is 6.61 Å². The van der Waals surface area contributed by atoms with Crippen molar-refractivity contribution >= 4 is 0 Å². The summed E-state index contributed by atoms with van der Waals surface area (Å²) in [5, 5.41) is 0. The topological polar surface area (TPSA) is 9.23 Å². The number of benzene rings is 1. The highest BCUT2D eigenvalue weighted by molar-refractivity contribution is 5.29. The summed E-state index contributed by atoms with van der Waals surface area (Å²) in [6.45, 7) is 8.67. The molecular weight excluding hydrogens is 172 g/mol. The zero-order valence-corrected chi connectivity index (χ0v) is 8.99. The predicted octanol–water partition coefficient (Wildman–Crippen LogP) is 3.76. The lowest BCUT2D eigenvalue weighted by Crippen LogP contribution is -1.94. The van der Waals surface area contributed by atoms with E-state index in [9.17, 15) is 0 Å². The third-order valence-electron chi connectivity index (χ3n) is 2.28. The molecular formula is C13H18O. The molecule has 0 N–H and O–H groups in total. The standard InChI is InChI=1S/C13H18O/c1-4-6-11(3)12-7-9-13(10-8-12)14-5-2/h4,7-11H,1,5-6H2,2-3H3. The predicted molar refractivity (Wildman–Crippen MR) is 60.8 cm³/mol. The van der Waals surface area contributed by atoms with E-state index < -0.39 is 0 Å². The van der Waals surface area contributed by atoms with Crippen LogP contribution in [-0.2, 0) is 0 Å². The average molecular weight is 190 g/mol. The minimum atomic E-state index is 0.545. The van der Waals surface area contributed by atoms with Gasteiger partial charge in [0.1, 0.15) is 5.75 Å². The van der Waals surface area contributed by atoms with Gasteiger partial charge in [0, 0.05) is 0 Å².